The van der Waals surface area contributed by atoms with Gasteiger partial charge in [-0.3, -0.25) is 0 Å². The Morgan fingerprint density at radius 3 is 2.57 bits per heavy atom. The summed E-state index contributed by atoms with van der Waals surface area (Å²) in [6, 6.07) is 15.7. The molecule has 0 radical (unpaired) electrons. The monoisotopic (exact) mass is 416 g/mol. The van der Waals surface area contributed by atoms with Crippen LogP contribution in [0.5, 0.6) is 0 Å². The minimum absolute atomic E-state index is 0.155. The van der Waals surface area contributed by atoms with Crippen LogP contribution in [-0.2, 0) is 27.9 Å². The highest BCUT2D eigenvalue weighted by Gasteiger charge is 2.20. The lowest BCUT2D eigenvalue weighted by Crippen LogP contribution is -2.12. The van der Waals surface area contributed by atoms with Crippen molar-refractivity contribution in [1.82, 2.24) is 5.32 Å². The molecule has 3 rings (SSSR count). The lowest BCUT2D eigenvalue weighted by atomic mass is 9.93. The highest BCUT2D eigenvalue weighted by atomic mass is 32.2. The molecule has 7 heteroatoms. The smallest absolute Gasteiger partial charge is 0.239 e. The summed E-state index contributed by atoms with van der Waals surface area (Å²) >= 11 is 1.38. The van der Waals surface area contributed by atoms with Crippen LogP contribution in [0.25, 0.3) is 21.6 Å². The highest BCUT2D eigenvalue weighted by Crippen LogP contribution is 2.40. The molecule has 0 saturated heterocycles. The quantitative estimate of drug-likeness (QED) is 0.582. The zero-order valence-corrected chi connectivity index (χ0v) is 17.6. The Kier molecular flexibility index (Phi) is 6.64. The lowest BCUT2D eigenvalue weighted by Gasteiger charge is -2.16. The number of benzene rings is 2. The van der Waals surface area contributed by atoms with Gasteiger partial charge in [-0.25, -0.2) is 13.6 Å². The summed E-state index contributed by atoms with van der Waals surface area (Å²) in [5.41, 5.74) is 4.96. The van der Waals surface area contributed by atoms with E-state index in [2.05, 4.69) is 11.4 Å². The van der Waals surface area contributed by atoms with Crippen molar-refractivity contribution in [2.45, 2.75) is 25.0 Å². The van der Waals surface area contributed by atoms with Crippen molar-refractivity contribution in [3.8, 4) is 21.6 Å². The van der Waals surface area contributed by atoms with Crippen LogP contribution in [0.4, 0.5) is 0 Å². The maximum absolute atomic E-state index is 12.1. The van der Waals surface area contributed by atoms with Crippen molar-refractivity contribution in [3.63, 3.8) is 0 Å². The van der Waals surface area contributed by atoms with E-state index in [0.29, 0.717) is 24.6 Å². The first-order valence-corrected chi connectivity index (χ1v) is 11.4. The molecule has 2 aromatic carbocycles. The number of nitrogens with two attached hydrogens (primary N) is 1. The van der Waals surface area contributed by atoms with E-state index in [1.54, 1.807) is 11.4 Å². The van der Waals surface area contributed by atoms with Crippen LogP contribution >= 0.6 is 11.3 Å². The Balaban J connectivity index is 2.23. The van der Waals surface area contributed by atoms with Gasteiger partial charge in [0.25, 0.3) is 0 Å². The second-order valence-electron chi connectivity index (χ2n) is 6.36. The Labute approximate surface area is 170 Å². The number of sulfonamides is 1. The van der Waals surface area contributed by atoms with Gasteiger partial charge in [0.1, 0.15) is 4.90 Å². The van der Waals surface area contributed by atoms with Gasteiger partial charge in [-0.05, 0) is 53.7 Å². The molecule has 0 atom stereocenters. The molecule has 0 aliphatic carbocycles. The van der Waals surface area contributed by atoms with E-state index in [9.17, 15) is 8.42 Å². The van der Waals surface area contributed by atoms with E-state index in [1.807, 2.05) is 50.4 Å². The molecule has 3 N–H and O–H groups in total. The van der Waals surface area contributed by atoms with Gasteiger partial charge >= 0.3 is 0 Å². The fraction of sp³-hybridized carbons (Fsp3) is 0.238. The van der Waals surface area contributed by atoms with Crippen molar-refractivity contribution in [3.05, 3.63) is 65.0 Å². The summed E-state index contributed by atoms with van der Waals surface area (Å²) in [7, 11) is -1.94. The van der Waals surface area contributed by atoms with Crippen LogP contribution in [0.3, 0.4) is 0 Å². The first-order valence-electron chi connectivity index (χ1n) is 9.00. The van der Waals surface area contributed by atoms with E-state index in [4.69, 9.17) is 9.88 Å². The van der Waals surface area contributed by atoms with E-state index in [0.717, 1.165) is 27.8 Å². The fourth-order valence-electron chi connectivity index (χ4n) is 3.17. The third-order valence-corrected chi connectivity index (χ3v) is 6.44. The van der Waals surface area contributed by atoms with Gasteiger partial charge in [-0.1, -0.05) is 36.4 Å². The molecule has 148 valence electrons. The second kappa shape index (κ2) is 8.98. The van der Waals surface area contributed by atoms with Gasteiger partial charge < -0.3 is 10.1 Å². The molecule has 1 aromatic heterocycles. The van der Waals surface area contributed by atoms with Crippen molar-refractivity contribution in [2.24, 2.45) is 5.14 Å². The minimum Gasteiger partial charge on any atom is -0.377 e. The van der Waals surface area contributed by atoms with Crippen LogP contribution in [0, 0.1) is 0 Å². The van der Waals surface area contributed by atoms with Gasteiger partial charge in [0, 0.05) is 18.7 Å². The number of hydrogen-bond acceptors (Lipinski definition) is 5. The second-order valence-corrected chi connectivity index (χ2v) is 8.81. The van der Waals surface area contributed by atoms with E-state index >= 15 is 0 Å². The first-order chi connectivity index (χ1) is 13.5. The number of thiophene rings is 1. The number of rotatable bonds is 8. The van der Waals surface area contributed by atoms with Crippen molar-refractivity contribution >= 4 is 21.4 Å². The molecule has 1 heterocycles. The van der Waals surface area contributed by atoms with Crippen LogP contribution < -0.4 is 10.5 Å². The van der Waals surface area contributed by atoms with E-state index < -0.39 is 10.0 Å². The molecule has 0 aliphatic heterocycles. The largest absolute Gasteiger partial charge is 0.377 e. The third kappa shape index (κ3) is 4.51. The molecule has 0 aliphatic rings. The molecule has 28 heavy (non-hydrogen) atoms. The topological polar surface area (TPSA) is 81.4 Å². The predicted octanol–water partition coefficient (Wildman–Crippen LogP) is 3.99. The predicted molar refractivity (Wildman–Crippen MR) is 115 cm³/mol. The molecular weight excluding hydrogens is 392 g/mol. The van der Waals surface area contributed by atoms with Crippen molar-refractivity contribution < 1.29 is 13.2 Å². The van der Waals surface area contributed by atoms with Crippen molar-refractivity contribution in [2.75, 3.05) is 13.7 Å². The summed E-state index contributed by atoms with van der Waals surface area (Å²) in [5.74, 6) is 0. The summed E-state index contributed by atoms with van der Waals surface area (Å²) in [5, 5.41) is 10.4. The average Bonchev–Trinajstić information content (AvgIpc) is 3.17. The molecule has 0 saturated carbocycles. The summed E-state index contributed by atoms with van der Waals surface area (Å²) in [4.78, 5) is 0.810. The molecular formula is C21H24N2O3S2. The van der Waals surface area contributed by atoms with Crippen molar-refractivity contribution in [1.29, 1.82) is 0 Å². The van der Waals surface area contributed by atoms with Crippen LogP contribution in [0.2, 0.25) is 0 Å². The zero-order chi connectivity index (χ0) is 20.1. The molecule has 0 bridgehead atoms. The third-order valence-electron chi connectivity index (χ3n) is 4.41. The van der Waals surface area contributed by atoms with Crippen LogP contribution in [-0.4, -0.2) is 22.1 Å². The molecule has 5 nitrogen and oxygen atoms in total. The molecule has 0 amide bonds. The number of hydrogen-bond donors (Lipinski definition) is 2. The number of ether oxygens (including phenoxy) is 1. The maximum atomic E-state index is 12.1. The Hall–Kier alpha value is -2.03. The maximum Gasteiger partial charge on any atom is 0.239 e. The molecule has 3 aromatic rings. The Morgan fingerprint density at radius 2 is 1.86 bits per heavy atom. The average molecular weight is 417 g/mol. The molecule has 0 unspecified atom stereocenters. The highest BCUT2D eigenvalue weighted by molar-refractivity contribution is 7.89. The fourth-order valence-corrected chi connectivity index (χ4v) is 5.19. The van der Waals surface area contributed by atoms with Crippen LogP contribution in [0.1, 0.15) is 18.1 Å². The lowest BCUT2D eigenvalue weighted by molar-refractivity contribution is 0.134. The van der Waals surface area contributed by atoms with Gasteiger partial charge in [0.2, 0.25) is 10.0 Å². The SMILES string of the molecule is CCOCc1ccccc1-c1ccc(CNC)cc1-c1sccc1S(N)(=O)=O. The normalized spacial score (nSPS) is 11.7. The van der Waals surface area contributed by atoms with Gasteiger partial charge in [-0.2, -0.15) is 0 Å². The molecule has 0 fully saturated rings. The van der Waals surface area contributed by atoms with Gasteiger partial charge in [0.15, 0.2) is 0 Å². The van der Waals surface area contributed by atoms with E-state index in [-0.39, 0.29) is 4.90 Å². The standard InChI is InChI=1S/C21H24N2O3S2/c1-3-26-14-16-6-4-5-7-17(16)18-9-8-15(13-23-2)12-19(18)21-20(10-11-27-21)28(22,24)25/h4-12,23H,3,13-14H2,1-2H3,(H2,22,24,25). The minimum atomic E-state index is -3.82. The van der Waals surface area contributed by atoms with E-state index in [1.165, 1.54) is 11.3 Å². The number of primary sulfonamides is 1. The zero-order valence-electron chi connectivity index (χ0n) is 15.9. The number of nitrogens with one attached hydrogen (secondary N) is 1. The summed E-state index contributed by atoms with van der Waals surface area (Å²) in [6.07, 6.45) is 0. The van der Waals surface area contributed by atoms with Gasteiger partial charge in [0.05, 0.1) is 11.5 Å². The summed E-state index contributed by atoms with van der Waals surface area (Å²) in [6.45, 7) is 3.77. The molecule has 0 spiro atoms. The van der Waals surface area contributed by atoms with Crippen LogP contribution in [0.15, 0.2) is 58.8 Å². The van der Waals surface area contributed by atoms with Gasteiger partial charge in [-0.15, -0.1) is 11.3 Å². The first kappa shape index (κ1) is 20.7. The Bertz CT molecular complexity index is 1060. The Morgan fingerprint density at radius 1 is 1.07 bits per heavy atom. The summed E-state index contributed by atoms with van der Waals surface area (Å²) < 4.78 is 29.8.